The number of carbonyl (C=O) groups is 1. The van der Waals surface area contributed by atoms with E-state index in [1.165, 1.54) is 12.1 Å². The van der Waals surface area contributed by atoms with E-state index in [0.29, 0.717) is 12.5 Å². The van der Waals surface area contributed by atoms with Crippen LogP contribution in [-0.4, -0.2) is 23.6 Å². The molecule has 0 aromatic heterocycles. The standard InChI is InChI=1S/C21H24F3N5O/c1-21(2,3)27-20(26-19(30)15-9-8-14(23)10-16(15)24)25-18-11-17(28-29-18)12-4-6-13(22)7-5-12/h4-10,17-18,28-29H,11H2,1-3H3,(H2,25,26,27,30). The maximum absolute atomic E-state index is 13.9. The van der Waals surface area contributed by atoms with Crippen LogP contribution >= 0.6 is 0 Å². The quantitative estimate of drug-likeness (QED) is 0.454. The Morgan fingerprint density at radius 3 is 2.33 bits per heavy atom. The van der Waals surface area contributed by atoms with Crippen molar-refractivity contribution in [2.24, 2.45) is 4.99 Å². The number of amides is 1. The Morgan fingerprint density at radius 2 is 1.70 bits per heavy atom. The molecule has 2 unspecified atom stereocenters. The smallest absolute Gasteiger partial charge is 0.283 e. The Hall–Kier alpha value is -2.91. The van der Waals surface area contributed by atoms with Crippen molar-refractivity contribution >= 4 is 11.9 Å². The molecule has 2 atom stereocenters. The third kappa shape index (κ3) is 5.80. The van der Waals surface area contributed by atoms with E-state index in [1.807, 2.05) is 20.8 Å². The van der Waals surface area contributed by atoms with Crippen LogP contribution in [0.5, 0.6) is 0 Å². The van der Waals surface area contributed by atoms with E-state index in [2.05, 4.69) is 26.5 Å². The first-order valence-electron chi connectivity index (χ1n) is 9.50. The normalized spacial score (nSPS) is 19.6. The number of nitrogens with one attached hydrogen (secondary N) is 4. The molecule has 160 valence electrons. The van der Waals surface area contributed by atoms with Crippen LogP contribution in [0.25, 0.3) is 0 Å². The minimum atomic E-state index is -0.976. The van der Waals surface area contributed by atoms with Crippen LogP contribution in [0.1, 0.15) is 49.2 Å². The van der Waals surface area contributed by atoms with Gasteiger partial charge in [-0.1, -0.05) is 12.1 Å². The molecule has 0 saturated carbocycles. The Bertz CT molecular complexity index is 941. The molecule has 0 bridgehead atoms. The van der Waals surface area contributed by atoms with Gasteiger partial charge in [-0.25, -0.2) is 24.0 Å². The van der Waals surface area contributed by atoms with Gasteiger partial charge in [0.2, 0.25) is 5.96 Å². The number of nitrogens with zero attached hydrogens (tertiary/aromatic N) is 1. The zero-order chi connectivity index (χ0) is 21.9. The number of guanidine groups is 1. The summed E-state index contributed by atoms with van der Waals surface area (Å²) < 4.78 is 40.2. The summed E-state index contributed by atoms with van der Waals surface area (Å²) in [5, 5.41) is 6.17. The molecule has 9 heteroatoms. The predicted molar refractivity (Wildman–Crippen MR) is 108 cm³/mol. The van der Waals surface area contributed by atoms with Gasteiger partial charge in [0.05, 0.1) is 11.7 Å². The number of aliphatic imine (C=N–C) groups is 1. The molecule has 2 aromatic rings. The summed E-state index contributed by atoms with van der Waals surface area (Å²) in [7, 11) is 0. The van der Waals surface area contributed by atoms with Crippen LogP contribution in [-0.2, 0) is 0 Å². The summed E-state index contributed by atoms with van der Waals surface area (Å²) in [6.07, 6.45) is 0.273. The lowest BCUT2D eigenvalue weighted by molar-refractivity contribution is 0.0998. The molecular weight excluding hydrogens is 395 g/mol. The van der Waals surface area contributed by atoms with Crippen molar-refractivity contribution < 1.29 is 18.0 Å². The first-order valence-corrected chi connectivity index (χ1v) is 9.50. The lowest BCUT2D eigenvalue weighted by Gasteiger charge is -2.25. The lowest BCUT2D eigenvalue weighted by atomic mass is 10.0. The molecule has 2 aromatic carbocycles. The van der Waals surface area contributed by atoms with E-state index in [1.54, 1.807) is 12.1 Å². The number of benzene rings is 2. The average molecular weight is 419 g/mol. The van der Waals surface area contributed by atoms with Crippen LogP contribution in [0.3, 0.4) is 0 Å². The fourth-order valence-corrected chi connectivity index (χ4v) is 3.01. The average Bonchev–Trinajstić information content (AvgIpc) is 3.09. The lowest BCUT2D eigenvalue weighted by Crippen LogP contribution is -2.54. The highest BCUT2D eigenvalue weighted by atomic mass is 19.1. The monoisotopic (exact) mass is 419 g/mol. The van der Waals surface area contributed by atoms with Crippen LogP contribution in [0.15, 0.2) is 47.5 Å². The molecule has 1 aliphatic rings. The Labute approximate surface area is 172 Å². The van der Waals surface area contributed by atoms with Gasteiger partial charge in [0.1, 0.15) is 17.5 Å². The van der Waals surface area contributed by atoms with Crippen LogP contribution in [0.4, 0.5) is 13.2 Å². The van der Waals surface area contributed by atoms with E-state index >= 15 is 0 Å². The van der Waals surface area contributed by atoms with Crippen molar-refractivity contribution in [2.75, 3.05) is 0 Å². The van der Waals surface area contributed by atoms with Gasteiger partial charge in [0.25, 0.3) is 5.91 Å². The van der Waals surface area contributed by atoms with Crippen LogP contribution in [0.2, 0.25) is 0 Å². The maximum Gasteiger partial charge on any atom is 0.283 e. The van der Waals surface area contributed by atoms with Gasteiger partial charge in [0.15, 0.2) is 0 Å². The summed E-state index contributed by atoms with van der Waals surface area (Å²) in [6, 6.07) is 8.80. The van der Waals surface area contributed by atoms with E-state index in [-0.39, 0.29) is 29.5 Å². The van der Waals surface area contributed by atoms with Crippen molar-refractivity contribution in [1.29, 1.82) is 0 Å². The molecule has 1 aliphatic heterocycles. The highest BCUT2D eigenvalue weighted by Gasteiger charge is 2.27. The molecule has 1 fully saturated rings. The fraction of sp³-hybridized carbons (Fsp3) is 0.333. The summed E-state index contributed by atoms with van der Waals surface area (Å²) >= 11 is 0. The topological polar surface area (TPSA) is 77.5 Å². The van der Waals surface area contributed by atoms with E-state index in [4.69, 9.17) is 0 Å². The third-order valence-corrected chi connectivity index (χ3v) is 4.35. The Balaban J connectivity index is 1.74. The van der Waals surface area contributed by atoms with Crippen molar-refractivity contribution in [2.45, 2.75) is 44.9 Å². The number of hydrogen-bond acceptors (Lipinski definition) is 3. The van der Waals surface area contributed by atoms with E-state index in [9.17, 15) is 18.0 Å². The minimum Gasteiger partial charge on any atom is -0.351 e. The SMILES string of the molecule is CC(C)(C)N/C(=N/C(=O)c1ccc(F)cc1F)NC1CC(c2ccc(F)cc2)NN1. The number of rotatable bonds is 3. The molecule has 6 nitrogen and oxygen atoms in total. The van der Waals surface area contributed by atoms with Gasteiger partial charge >= 0.3 is 0 Å². The molecule has 0 aliphatic carbocycles. The molecule has 0 radical (unpaired) electrons. The zero-order valence-electron chi connectivity index (χ0n) is 16.9. The van der Waals surface area contributed by atoms with Crippen LogP contribution < -0.4 is 21.5 Å². The van der Waals surface area contributed by atoms with Gasteiger partial charge in [0, 0.05) is 24.1 Å². The highest BCUT2D eigenvalue weighted by Crippen LogP contribution is 2.21. The van der Waals surface area contributed by atoms with Crippen molar-refractivity contribution in [3.8, 4) is 0 Å². The summed E-state index contributed by atoms with van der Waals surface area (Å²) in [6.45, 7) is 5.65. The number of hydrogen-bond donors (Lipinski definition) is 4. The zero-order valence-corrected chi connectivity index (χ0v) is 16.9. The van der Waals surface area contributed by atoms with Crippen LogP contribution in [0, 0.1) is 17.5 Å². The third-order valence-electron chi connectivity index (χ3n) is 4.35. The first kappa shape index (κ1) is 21.8. The summed E-state index contributed by atoms with van der Waals surface area (Å²) in [4.78, 5) is 16.4. The van der Waals surface area contributed by atoms with Gasteiger partial charge in [-0.2, -0.15) is 4.99 Å². The number of carbonyl (C=O) groups excluding carboxylic acids is 1. The largest absolute Gasteiger partial charge is 0.351 e. The molecule has 30 heavy (non-hydrogen) atoms. The van der Waals surface area contributed by atoms with Crippen molar-refractivity contribution in [3.63, 3.8) is 0 Å². The fourth-order valence-electron chi connectivity index (χ4n) is 3.01. The summed E-state index contributed by atoms with van der Waals surface area (Å²) in [5.74, 6) is -2.75. The van der Waals surface area contributed by atoms with Gasteiger partial charge in [-0.05, 0) is 50.6 Å². The van der Waals surface area contributed by atoms with Gasteiger partial charge < -0.3 is 10.6 Å². The molecule has 4 N–H and O–H groups in total. The molecule has 3 rings (SSSR count). The molecular formula is C21H24F3N5O. The molecule has 1 amide bonds. The number of halogens is 3. The van der Waals surface area contributed by atoms with Gasteiger partial charge in [-0.3, -0.25) is 4.79 Å². The van der Waals surface area contributed by atoms with E-state index in [0.717, 1.165) is 17.7 Å². The van der Waals surface area contributed by atoms with Crippen molar-refractivity contribution in [1.82, 2.24) is 21.5 Å². The van der Waals surface area contributed by atoms with Gasteiger partial charge in [-0.15, -0.1) is 0 Å². The van der Waals surface area contributed by atoms with Crippen molar-refractivity contribution in [3.05, 3.63) is 71.0 Å². The predicted octanol–water partition coefficient (Wildman–Crippen LogP) is 3.14. The summed E-state index contributed by atoms with van der Waals surface area (Å²) in [5.41, 5.74) is 6.31. The second-order valence-electron chi connectivity index (χ2n) is 8.09. The first-order chi connectivity index (χ1) is 14.1. The minimum absolute atomic E-state index is 0.0794. The Kier molecular flexibility index (Phi) is 6.42. The molecule has 1 saturated heterocycles. The second-order valence-corrected chi connectivity index (χ2v) is 8.09. The second kappa shape index (κ2) is 8.85. The highest BCUT2D eigenvalue weighted by molar-refractivity contribution is 6.03. The maximum atomic E-state index is 13.9. The Morgan fingerprint density at radius 1 is 1.03 bits per heavy atom. The number of hydrazine groups is 1. The molecule has 1 heterocycles. The van der Waals surface area contributed by atoms with E-state index < -0.39 is 23.1 Å². The molecule has 0 spiro atoms.